The van der Waals surface area contributed by atoms with E-state index < -0.39 is 0 Å². The quantitative estimate of drug-likeness (QED) is 0.515. The molecule has 0 spiro atoms. The lowest BCUT2D eigenvalue weighted by Crippen LogP contribution is -2.56. The van der Waals surface area contributed by atoms with E-state index in [1.807, 2.05) is 6.92 Å². The number of fused-ring (bicyclic) bond motifs is 5. The molecule has 164 valence electrons. The van der Waals surface area contributed by atoms with E-state index in [4.69, 9.17) is 4.74 Å². The van der Waals surface area contributed by atoms with Crippen LogP contribution in [0.3, 0.4) is 0 Å². The number of ketones is 1. The number of rotatable bonds is 5. The van der Waals surface area contributed by atoms with Crippen LogP contribution in [0.2, 0.25) is 0 Å². The molecule has 0 aromatic carbocycles. The van der Waals surface area contributed by atoms with Gasteiger partial charge in [0.05, 0.1) is 6.61 Å². The zero-order chi connectivity index (χ0) is 20.8. The molecule has 4 saturated carbocycles. The normalized spacial score (nSPS) is 45.1. The molecule has 0 amide bonds. The van der Waals surface area contributed by atoms with Crippen molar-refractivity contribution in [2.45, 2.75) is 98.3 Å². The minimum Gasteiger partial charge on any atom is -0.466 e. The molecule has 4 rings (SSSR count). The fourth-order valence-electron chi connectivity index (χ4n) is 8.72. The third kappa shape index (κ3) is 3.39. The first-order valence-corrected chi connectivity index (χ1v) is 12.5. The Morgan fingerprint density at radius 2 is 1.90 bits per heavy atom. The Morgan fingerprint density at radius 3 is 2.66 bits per heavy atom. The Kier molecular flexibility index (Phi) is 5.90. The van der Waals surface area contributed by atoms with Crippen molar-refractivity contribution in [1.82, 2.24) is 0 Å². The van der Waals surface area contributed by atoms with Gasteiger partial charge in [-0.3, -0.25) is 9.59 Å². The smallest absolute Gasteiger partial charge is 0.305 e. The molecule has 29 heavy (non-hydrogen) atoms. The summed E-state index contributed by atoms with van der Waals surface area (Å²) in [7, 11) is 0. The monoisotopic (exact) mass is 402 g/mol. The molecule has 0 N–H and O–H groups in total. The molecule has 0 unspecified atom stereocenters. The van der Waals surface area contributed by atoms with Gasteiger partial charge in [-0.1, -0.05) is 33.6 Å². The molecule has 3 heteroatoms. The van der Waals surface area contributed by atoms with E-state index in [9.17, 15) is 9.59 Å². The molecule has 4 aliphatic carbocycles. The highest BCUT2D eigenvalue weighted by molar-refractivity contribution is 5.87. The summed E-state index contributed by atoms with van der Waals surface area (Å²) in [5.41, 5.74) is 0.249. The predicted molar refractivity (Wildman–Crippen MR) is 115 cm³/mol. The fourth-order valence-corrected chi connectivity index (χ4v) is 8.72. The molecule has 0 saturated heterocycles. The number of ether oxygens (including phenoxy) is 1. The summed E-state index contributed by atoms with van der Waals surface area (Å²) in [6.07, 6.45) is 12.8. The van der Waals surface area contributed by atoms with E-state index >= 15 is 0 Å². The summed E-state index contributed by atoms with van der Waals surface area (Å²) >= 11 is 0. The molecule has 4 fully saturated rings. The first-order valence-electron chi connectivity index (χ1n) is 12.5. The second kappa shape index (κ2) is 8.00. The highest BCUT2D eigenvalue weighted by atomic mass is 16.5. The molecule has 8 atom stereocenters. The van der Waals surface area contributed by atoms with E-state index in [-0.39, 0.29) is 11.4 Å². The van der Waals surface area contributed by atoms with Crippen LogP contribution < -0.4 is 0 Å². The SMILES string of the molecule is CCOC(=O)CC[C@H](C)[C@@H]1CC[C@@H]2[C@H]3CC[C@H]4CCCC[C@]4(C)[C@@H]3CC(=O)[C@]21C. The fraction of sp³-hybridized carbons (Fsp3) is 0.923. The predicted octanol–water partition coefficient (Wildman–Crippen LogP) is 6.19. The lowest BCUT2D eigenvalue weighted by atomic mass is 9.44. The standard InChI is InChI=1S/C26H42O3/c1-5-29-24(28)14-9-17(2)20-12-13-21-19-11-10-18-8-6-7-15-25(18,3)22(19)16-23(27)26(20,21)4/h17-22H,5-16H2,1-4H3/t17-,18+,19+,20-,21+,22+,25-,26-/m0/s1. The van der Waals surface area contributed by atoms with Crippen molar-refractivity contribution >= 4 is 11.8 Å². The van der Waals surface area contributed by atoms with Crippen molar-refractivity contribution in [2.75, 3.05) is 6.61 Å². The minimum absolute atomic E-state index is 0.0855. The van der Waals surface area contributed by atoms with E-state index in [0.29, 0.717) is 47.9 Å². The van der Waals surface area contributed by atoms with Gasteiger partial charge in [-0.15, -0.1) is 0 Å². The Balaban J connectivity index is 1.51. The largest absolute Gasteiger partial charge is 0.466 e. The third-order valence-electron chi connectivity index (χ3n) is 10.3. The van der Waals surface area contributed by atoms with Gasteiger partial charge in [0.15, 0.2) is 0 Å². The maximum Gasteiger partial charge on any atom is 0.305 e. The minimum atomic E-state index is -0.160. The summed E-state index contributed by atoms with van der Waals surface area (Å²) in [6.45, 7) is 9.44. The Hall–Kier alpha value is -0.860. The number of hydrogen-bond donors (Lipinski definition) is 0. The van der Waals surface area contributed by atoms with Crippen molar-refractivity contribution in [3.63, 3.8) is 0 Å². The maximum atomic E-state index is 13.7. The maximum absolute atomic E-state index is 13.7. The number of hydrogen-bond acceptors (Lipinski definition) is 3. The highest BCUT2D eigenvalue weighted by Crippen LogP contribution is 2.67. The molecule has 0 aromatic heterocycles. The van der Waals surface area contributed by atoms with Crippen LogP contribution in [0.5, 0.6) is 0 Å². The van der Waals surface area contributed by atoms with Crippen LogP contribution in [0.1, 0.15) is 98.3 Å². The lowest BCUT2D eigenvalue weighted by Gasteiger charge is -2.60. The number of esters is 1. The number of carbonyl (C=O) groups is 2. The van der Waals surface area contributed by atoms with Gasteiger partial charge >= 0.3 is 5.97 Å². The van der Waals surface area contributed by atoms with Gasteiger partial charge < -0.3 is 4.74 Å². The Bertz CT molecular complexity index is 642. The van der Waals surface area contributed by atoms with Crippen LogP contribution >= 0.6 is 0 Å². The molecule has 0 aliphatic heterocycles. The number of carbonyl (C=O) groups excluding carboxylic acids is 2. The zero-order valence-electron chi connectivity index (χ0n) is 19.2. The summed E-state index contributed by atoms with van der Waals surface area (Å²) in [6, 6.07) is 0. The summed E-state index contributed by atoms with van der Waals surface area (Å²) in [5.74, 6) is 4.13. The lowest BCUT2D eigenvalue weighted by molar-refractivity contribution is -0.157. The molecule has 0 heterocycles. The van der Waals surface area contributed by atoms with Crippen LogP contribution in [-0.2, 0) is 14.3 Å². The van der Waals surface area contributed by atoms with Crippen molar-refractivity contribution in [3.05, 3.63) is 0 Å². The van der Waals surface area contributed by atoms with Crippen LogP contribution in [0.15, 0.2) is 0 Å². The van der Waals surface area contributed by atoms with Crippen LogP contribution in [0.25, 0.3) is 0 Å². The van der Waals surface area contributed by atoms with Gasteiger partial charge in [0.2, 0.25) is 0 Å². The summed E-state index contributed by atoms with van der Waals surface area (Å²) in [4.78, 5) is 25.6. The van der Waals surface area contributed by atoms with Crippen molar-refractivity contribution in [3.8, 4) is 0 Å². The average Bonchev–Trinajstić information content (AvgIpc) is 3.06. The van der Waals surface area contributed by atoms with E-state index in [1.165, 1.54) is 51.4 Å². The zero-order valence-corrected chi connectivity index (χ0v) is 19.2. The van der Waals surface area contributed by atoms with E-state index in [0.717, 1.165) is 24.7 Å². The summed E-state index contributed by atoms with van der Waals surface area (Å²) in [5, 5.41) is 0. The van der Waals surface area contributed by atoms with Crippen LogP contribution in [-0.4, -0.2) is 18.4 Å². The topological polar surface area (TPSA) is 43.4 Å². The Labute approximate surface area is 177 Å². The third-order valence-corrected chi connectivity index (χ3v) is 10.3. The van der Waals surface area contributed by atoms with Crippen LogP contribution in [0.4, 0.5) is 0 Å². The van der Waals surface area contributed by atoms with Crippen LogP contribution in [0, 0.1) is 46.3 Å². The van der Waals surface area contributed by atoms with E-state index in [2.05, 4.69) is 20.8 Å². The second-order valence-electron chi connectivity index (χ2n) is 11.3. The molecular formula is C26H42O3. The van der Waals surface area contributed by atoms with Gasteiger partial charge in [-0.25, -0.2) is 0 Å². The highest BCUT2D eigenvalue weighted by Gasteiger charge is 2.63. The first kappa shape index (κ1) is 21.4. The molecule has 4 aliphatic rings. The van der Waals surface area contributed by atoms with Gasteiger partial charge in [0, 0.05) is 18.3 Å². The van der Waals surface area contributed by atoms with Gasteiger partial charge in [0.25, 0.3) is 0 Å². The second-order valence-corrected chi connectivity index (χ2v) is 11.3. The molecule has 0 aromatic rings. The molecule has 0 bridgehead atoms. The molecule has 3 nitrogen and oxygen atoms in total. The Morgan fingerprint density at radius 1 is 1.10 bits per heavy atom. The average molecular weight is 403 g/mol. The van der Waals surface area contributed by atoms with Gasteiger partial charge in [-0.05, 0) is 92.8 Å². The first-order chi connectivity index (χ1) is 13.8. The van der Waals surface area contributed by atoms with Gasteiger partial charge in [0.1, 0.15) is 5.78 Å². The van der Waals surface area contributed by atoms with E-state index in [1.54, 1.807) is 0 Å². The van der Waals surface area contributed by atoms with Crippen molar-refractivity contribution < 1.29 is 14.3 Å². The van der Waals surface area contributed by atoms with Crippen molar-refractivity contribution in [1.29, 1.82) is 0 Å². The van der Waals surface area contributed by atoms with Crippen molar-refractivity contribution in [2.24, 2.45) is 46.3 Å². The summed E-state index contributed by atoms with van der Waals surface area (Å²) < 4.78 is 5.13. The molecular weight excluding hydrogens is 360 g/mol. The van der Waals surface area contributed by atoms with Gasteiger partial charge in [-0.2, -0.15) is 0 Å². The molecule has 0 radical (unpaired) electrons. The number of Topliss-reactive ketones (excluding diaryl/α,β-unsaturated/α-hetero) is 1.